The van der Waals surface area contributed by atoms with Crippen LogP contribution in [0.25, 0.3) is 0 Å². The average molecular weight is 764 g/mol. The lowest BCUT2D eigenvalue weighted by molar-refractivity contribution is -0.115. The van der Waals surface area contributed by atoms with Crippen LogP contribution in [0.3, 0.4) is 0 Å². The van der Waals surface area contributed by atoms with Crippen LogP contribution >= 0.6 is 67.8 Å². The summed E-state index contributed by atoms with van der Waals surface area (Å²) in [5, 5.41) is 13.8. The number of carboxylic acid groups (broad SMARTS) is 1. The number of carbonyl (C=O) groups is 4. The number of nitrogens with one attached hydrogen (secondary N) is 2. The number of carboxylic acids is 1. The number of hydrogen-bond donors (Lipinski definition) is 3. The molecule has 0 spiro atoms. The molecule has 0 saturated heterocycles. The minimum absolute atomic E-state index is 0.238. The number of ether oxygens (including phenoxy) is 1. The van der Waals surface area contributed by atoms with Gasteiger partial charge >= 0.3 is 11.9 Å². The Kier molecular flexibility index (Phi) is 11.7. The van der Waals surface area contributed by atoms with Crippen LogP contribution in [0.5, 0.6) is 0 Å². The zero-order valence-corrected chi connectivity index (χ0v) is 23.2. The van der Waals surface area contributed by atoms with Gasteiger partial charge in [0.1, 0.15) is 0 Å². The van der Waals surface area contributed by atoms with Crippen molar-refractivity contribution >= 4 is 103 Å². The third-order valence-corrected chi connectivity index (χ3v) is 6.66. The second-order valence-electron chi connectivity index (χ2n) is 5.82. The molecule has 0 heterocycles. The summed E-state index contributed by atoms with van der Waals surface area (Å²) in [5.74, 6) is -1.90. The highest BCUT2D eigenvalue weighted by molar-refractivity contribution is 14.1. The number of esters is 1. The fourth-order valence-corrected chi connectivity index (χ4v) is 6.34. The van der Waals surface area contributed by atoms with Crippen LogP contribution < -0.4 is 10.6 Å². The van der Waals surface area contributed by atoms with E-state index in [9.17, 15) is 19.2 Å². The van der Waals surface area contributed by atoms with Gasteiger partial charge in [0.2, 0.25) is 11.8 Å². The Bertz CT molecular complexity index is 953. The van der Waals surface area contributed by atoms with Crippen molar-refractivity contribution in [1.29, 1.82) is 0 Å². The smallest absolute Gasteiger partial charge is 0.340 e. The average Bonchev–Trinajstić information content (AvgIpc) is 2.69. The fourth-order valence-electron chi connectivity index (χ4n) is 2.20. The molecule has 0 saturated carbocycles. The van der Waals surface area contributed by atoms with Crippen LogP contribution in [0, 0.1) is 10.7 Å². The first-order chi connectivity index (χ1) is 14.5. The van der Waals surface area contributed by atoms with Crippen molar-refractivity contribution in [2.75, 3.05) is 17.2 Å². The van der Waals surface area contributed by atoms with Crippen molar-refractivity contribution in [3.63, 3.8) is 0 Å². The second-order valence-corrected chi connectivity index (χ2v) is 9.06. The maximum atomic E-state index is 12.2. The van der Waals surface area contributed by atoms with E-state index in [0.717, 1.165) is 0 Å². The molecule has 2 rings (SSSR count). The topological polar surface area (TPSA) is 122 Å². The summed E-state index contributed by atoms with van der Waals surface area (Å²) in [5.41, 5.74) is 1.63. The van der Waals surface area contributed by atoms with E-state index >= 15 is 0 Å². The number of rotatable bonds is 5. The summed E-state index contributed by atoms with van der Waals surface area (Å²) in [6.45, 7) is 4.72. The molecule has 0 bridgehead atoms. The Morgan fingerprint density at radius 3 is 1.65 bits per heavy atom. The highest BCUT2D eigenvalue weighted by atomic mass is 127. The monoisotopic (exact) mass is 764 g/mol. The van der Waals surface area contributed by atoms with Crippen molar-refractivity contribution in [2.45, 2.75) is 20.8 Å². The molecule has 0 aliphatic heterocycles. The molecule has 0 aromatic heterocycles. The van der Waals surface area contributed by atoms with Gasteiger partial charge in [0.25, 0.3) is 0 Å². The summed E-state index contributed by atoms with van der Waals surface area (Å²) >= 11 is 6.02. The zero-order valence-electron chi connectivity index (χ0n) is 16.7. The molecular formula is C20H19I3N2O6. The van der Waals surface area contributed by atoms with E-state index in [1.807, 2.05) is 67.8 Å². The van der Waals surface area contributed by atoms with E-state index in [1.165, 1.54) is 13.8 Å². The quantitative estimate of drug-likeness (QED) is 0.292. The molecule has 0 radical (unpaired) electrons. The maximum Gasteiger partial charge on any atom is 0.340 e. The molecule has 11 heteroatoms. The van der Waals surface area contributed by atoms with Crippen LogP contribution in [0.1, 0.15) is 41.5 Å². The van der Waals surface area contributed by atoms with Crippen LogP contribution in [0.4, 0.5) is 11.4 Å². The first-order valence-corrected chi connectivity index (χ1v) is 12.0. The molecule has 2 aromatic carbocycles. The van der Waals surface area contributed by atoms with Gasteiger partial charge in [0.15, 0.2) is 0 Å². The van der Waals surface area contributed by atoms with E-state index in [2.05, 4.69) is 10.6 Å². The number of carbonyl (C=O) groups excluding carboxylic acids is 3. The van der Waals surface area contributed by atoms with Gasteiger partial charge in [-0.2, -0.15) is 0 Å². The predicted octanol–water partition coefficient (Wildman–Crippen LogP) is 4.98. The second kappa shape index (κ2) is 13.1. The number of amides is 2. The van der Waals surface area contributed by atoms with Gasteiger partial charge in [-0.15, -0.1) is 0 Å². The summed E-state index contributed by atoms with van der Waals surface area (Å²) in [6, 6.07) is 8.30. The Hall–Kier alpha value is -1.49. The van der Waals surface area contributed by atoms with Gasteiger partial charge in [-0.1, -0.05) is 18.2 Å². The fraction of sp³-hybridized carbons (Fsp3) is 0.200. The molecule has 0 atom stereocenters. The Balaban J connectivity index is 0.000000442. The van der Waals surface area contributed by atoms with Crippen molar-refractivity contribution in [2.24, 2.45) is 0 Å². The normalized spacial score (nSPS) is 9.74. The van der Waals surface area contributed by atoms with Gasteiger partial charge in [-0.05, 0) is 86.8 Å². The molecule has 8 nitrogen and oxygen atoms in total. The Morgan fingerprint density at radius 1 is 0.871 bits per heavy atom. The van der Waals surface area contributed by atoms with Crippen LogP contribution in [0.15, 0.2) is 30.3 Å². The number of anilines is 2. The SMILES string of the molecule is CCOC(=O)c1c(I)c(NC(C)=O)c(I)c(NC(C)=O)c1I.O=C(O)c1ccccc1. The Labute approximate surface area is 220 Å². The minimum Gasteiger partial charge on any atom is -0.478 e. The van der Waals surface area contributed by atoms with Crippen molar-refractivity contribution < 1.29 is 29.0 Å². The standard InChI is InChI=1S/C13H13I3N2O4.C7H6O2/c1-4-22-13(21)7-8(14)11(17-5(2)19)10(16)12(9(7)15)18-6(3)20;8-7(9)6-4-2-1-3-5-6/h4H2,1-3H3,(H,17,19)(H,18,20);1-5H,(H,8,9). The molecule has 0 aliphatic rings. The third kappa shape index (κ3) is 8.17. The van der Waals surface area contributed by atoms with E-state index in [0.29, 0.717) is 33.2 Å². The zero-order chi connectivity index (χ0) is 23.7. The lowest BCUT2D eigenvalue weighted by Gasteiger charge is -2.18. The molecule has 166 valence electrons. The number of hydrogen-bond acceptors (Lipinski definition) is 5. The molecule has 2 aromatic rings. The highest BCUT2D eigenvalue weighted by Crippen LogP contribution is 2.39. The van der Waals surface area contributed by atoms with E-state index in [4.69, 9.17) is 9.84 Å². The summed E-state index contributed by atoms with van der Waals surface area (Å²) in [4.78, 5) is 45.3. The number of benzene rings is 2. The highest BCUT2D eigenvalue weighted by Gasteiger charge is 2.26. The molecule has 0 aliphatic carbocycles. The molecule has 31 heavy (non-hydrogen) atoms. The molecule has 0 unspecified atom stereocenters. The van der Waals surface area contributed by atoms with Crippen LogP contribution in [-0.2, 0) is 14.3 Å². The molecule has 0 fully saturated rings. The summed E-state index contributed by atoms with van der Waals surface area (Å²) < 4.78 is 6.89. The maximum absolute atomic E-state index is 12.2. The van der Waals surface area contributed by atoms with Gasteiger partial charge in [-0.25, -0.2) is 9.59 Å². The van der Waals surface area contributed by atoms with Crippen molar-refractivity contribution in [3.05, 3.63) is 52.2 Å². The van der Waals surface area contributed by atoms with Crippen LogP contribution in [-0.4, -0.2) is 35.5 Å². The van der Waals surface area contributed by atoms with E-state index in [-0.39, 0.29) is 18.4 Å². The Morgan fingerprint density at radius 2 is 1.32 bits per heavy atom. The van der Waals surface area contributed by atoms with E-state index < -0.39 is 11.9 Å². The lowest BCUT2D eigenvalue weighted by atomic mass is 10.1. The largest absolute Gasteiger partial charge is 0.478 e. The summed E-state index contributed by atoms with van der Waals surface area (Å²) in [7, 11) is 0. The minimum atomic E-state index is -0.879. The van der Waals surface area contributed by atoms with Crippen LogP contribution in [0.2, 0.25) is 0 Å². The number of aromatic carboxylic acids is 1. The first kappa shape index (κ1) is 27.5. The molecule has 2 amide bonds. The predicted molar refractivity (Wildman–Crippen MR) is 143 cm³/mol. The van der Waals surface area contributed by atoms with Gasteiger partial charge < -0.3 is 20.5 Å². The van der Waals surface area contributed by atoms with Crippen molar-refractivity contribution in [3.8, 4) is 0 Å². The van der Waals surface area contributed by atoms with Gasteiger partial charge in [0, 0.05) is 13.8 Å². The van der Waals surface area contributed by atoms with Gasteiger partial charge in [0.05, 0.1) is 39.8 Å². The lowest BCUT2D eigenvalue weighted by Crippen LogP contribution is -2.19. The number of halogens is 3. The van der Waals surface area contributed by atoms with Gasteiger partial charge in [-0.3, -0.25) is 9.59 Å². The first-order valence-electron chi connectivity index (χ1n) is 8.72. The van der Waals surface area contributed by atoms with Crippen molar-refractivity contribution in [1.82, 2.24) is 0 Å². The van der Waals surface area contributed by atoms with E-state index in [1.54, 1.807) is 37.3 Å². The third-order valence-electron chi connectivity index (χ3n) is 3.42. The molecule has 3 N–H and O–H groups in total. The summed E-state index contributed by atoms with van der Waals surface area (Å²) in [6.07, 6.45) is 0. The molecular weight excluding hydrogens is 745 g/mol.